The fourth-order valence-corrected chi connectivity index (χ4v) is 6.35. The van der Waals surface area contributed by atoms with Crippen LogP contribution >= 0.6 is 0 Å². The Morgan fingerprint density at radius 2 is 1.91 bits per heavy atom. The van der Waals surface area contributed by atoms with Gasteiger partial charge in [-0.2, -0.15) is 0 Å². The largest absolute Gasteiger partial charge is 0.396 e. The number of aliphatic hydroxyl groups is 4. The number of aliphatic hydroxyl groups excluding tert-OH is 3. The van der Waals surface area contributed by atoms with Crippen LogP contribution in [0.3, 0.4) is 0 Å². The van der Waals surface area contributed by atoms with Crippen LogP contribution in [0.4, 0.5) is 0 Å². The van der Waals surface area contributed by atoms with Crippen molar-refractivity contribution in [2.45, 2.75) is 90.8 Å². The molecule has 2 fully saturated rings. The highest BCUT2D eigenvalue weighted by Gasteiger charge is 2.63. The summed E-state index contributed by atoms with van der Waals surface area (Å²) < 4.78 is 0. The van der Waals surface area contributed by atoms with Crippen molar-refractivity contribution < 1.29 is 25.2 Å². The van der Waals surface area contributed by atoms with E-state index in [-0.39, 0.29) is 25.0 Å². The summed E-state index contributed by atoms with van der Waals surface area (Å²) in [4.78, 5) is 11.7. The lowest BCUT2D eigenvalue weighted by Gasteiger charge is -2.55. The van der Waals surface area contributed by atoms with Crippen molar-refractivity contribution in [1.82, 2.24) is 0 Å². The summed E-state index contributed by atoms with van der Waals surface area (Å²) in [7, 11) is 0. The molecule has 5 heteroatoms. The van der Waals surface area contributed by atoms with Gasteiger partial charge in [-0.25, -0.2) is 0 Å². The minimum atomic E-state index is -1.09. The summed E-state index contributed by atoms with van der Waals surface area (Å²) in [6.07, 6.45) is 13.2. The molecule has 4 N–H and O–H groups in total. The van der Waals surface area contributed by atoms with Crippen molar-refractivity contribution in [3.63, 3.8) is 0 Å². The number of hydrogen-bond donors (Lipinski definition) is 4. The smallest absolute Gasteiger partial charge is 0.145 e. The highest BCUT2D eigenvalue weighted by atomic mass is 16.3. The zero-order chi connectivity index (χ0) is 26.2. The lowest BCUT2D eigenvalue weighted by molar-refractivity contribution is -0.167. The van der Waals surface area contributed by atoms with Crippen LogP contribution in [0.15, 0.2) is 58.7 Å². The van der Waals surface area contributed by atoms with E-state index < -0.39 is 17.1 Å². The third kappa shape index (κ3) is 6.51. The molecule has 0 aliphatic heterocycles. The van der Waals surface area contributed by atoms with E-state index in [4.69, 9.17) is 0 Å². The zero-order valence-corrected chi connectivity index (χ0v) is 22.1. The summed E-state index contributed by atoms with van der Waals surface area (Å²) in [5, 5.41) is 42.6. The Labute approximate surface area is 211 Å². The van der Waals surface area contributed by atoms with Gasteiger partial charge in [0.2, 0.25) is 0 Å². The monoisotopic (exact) mass is 486 g/mol. The molecule has 2 aliphatic carbocycles. The van der Waals surface area contributed by atoms with Gasteiger partial charge in [0.1, 0.15) is 6.29 Å². The molecule has 1 spiro atoms. The Morgan fingerprint density at radius 3 is 2.51 bits per heavy atom. The van der Waals surface area contributed by atoms with Gasteiger partial charge < -0.3 is 20.4 Å². The van der Waals surface area contributed by atoms with E-state index in [0.717, 1.165) is 35.8 Å². The average Bonchev–Trinajstić information content (AvgIpc) is 3.16. The van der Waals surface area contributed by atoms with Gasteiger partial charge in [-0.15, -0.1) is 0 Å². The molecule has 5 unspecified atom stereocenters. The fraction of sp³-hybridized carbons (Fsp3) is 0.633. The number of rotatable bonds is 11. The van der Waals surface area contributed by atoms with Crippen LogP contribution in [-0.2, 0) is 4.79 Å². The van der Waals surface area contributed by atoms with Gasteiger partial charge in [-0.05, 0) is 102 Å². The minimum Gasteiger partial charge on any atom is -0.396 e. The van der Waals surface area contributed by atoms with E-state index in [2.05, 4.69) is 26.5 Å². The van der Waals surface area contributed by atoms with Gasteiger partial charge >= 0.3 is 0 Å². The van der Waals surface area contributed by atoms with Crippen LogP contribution in [0, 0.1) is 17.3 Å². The van der Waals surface area contributed by atoms with Crippen molar-refractivity contribution in [3.8, 4) is 0 Å². The SMILES string of the molecule is C=C(/C=C/C=C(\CO)CCC=C(C)C)C1CCC2(C(CCCO)/C(=C(/C)C=O)CCC2(C)O)C1O. The number of carbonyl (C=O) groups is 1. The molecule has 5 nitrogen and oxygen atoms in total. The van der Waals surface area contributed by atoms with Crippen molar-refractivity contribution >= 4 is 6.29 Å². The van der Waals surface area contributed by atoms with Crippen LogP contribution in [-0.4, -0.2) is 51.6 Å². The van der Waals surface area contributed by atoms with E-state index >= 15 is 0 Å². The molecular weight excluding hydrogens is 440 g/mol. The maximum absolute atomic E-state index is 11.7. The summed E-state index contributed by atoms with van der Waals surface area (Å²) in [6.45, 7) is 12.0. The maximum Gasteiger partial charge on any atom is 0.145 e. The molecule has 196 valence electrons. The first-order chi connectivity index (χ1) is 16.6. The molecule has 0 saturated heterocycles. The molecule has 2 rings (SSSR count). The third-order valence-electron chi connectivity index (χ3n) is 8.38. The molecule has 2 saturated carbocycles. The third-order valence-corrected chi connectivity index (χ3v) is 8.38. The average molecular weight is 487 g/mol. The fourth-order valence-electron chi connectivity index (χ4n) is 6.35. The molecule has 2 aliphatic rings. The van der Waals surface area contributed by atoms with Gasteiger partial charge in [0, 0.05) is 17.9 Å². The minimum absolute atomic E-state index is 0.00316. The molecule has 0 amide bonds. The quantitative estimate of drug-likeness (QED) is 0.143. The summed E-state index contributed by atoms with van der Waals surface area (Å²) in [5.41, 5.74) is 2.79. The summed E-state index contributed by atoms with van der Waals surface area (Å²) >= 11 is 0. The Balaban J connectivity index is 2.30. The molecule has 0 aromatic carbocycles. The second kappa shape index (κ2) is 13.0. The Kier molecular flexibility index (Phi) is 10.9. The predicted molar refractivity (Wildman–Crippen MR) is 142 cm³/mol. The van der Waals surface area contributed by atoms with Gasteiger partial charge in [0.05, 0.1) is 18.3 Å². The van der Waals surface area contributed by atoms with Crippen molar-refractivity contribution in [1.29, 1.82) is 0 Å². The second-order valence-corrected chi connectivity index (χ2v) is 10.9. The van der Waals surface area contributed by atoms with Gasteiger partial charge in [-0.3, -0.25) is 4.79 Å². The molecule has 0 radical (unpaired) electrons. The van der Waals surface area contributed by atoms with Gasteiger partial charge in [0.25, 0.3) is 0 Å². The van der Waals surface area contributed by atoms with Crippen LogP contribution < -0.4 is 0 Å². The first-order valence-corrected chi connectivity index (χ1v) is 13.0. The van der Waals surface area contributed by atoms with E-state index in [1.165, 1.54) is 5.57 Å². The van der Waals surface area contributed by atoms with Crippen LogP contribution in [0.5, 0.6) is 0 Å². The lowest BCUT2D eigenvalue weighted by Crippen LogP contribution is -2.59. The Bertz CT molecular complexity index is 871. The van der Waals surface area contributed by atoms with Crippen LogP contribution in [0.1, 0.15) is 79.1 Å². The Morgan fingerprint density at radius 1 is 1.20 bits per heavy atom. The number of carbonyl (C=O) groups excluding carboxylic acids is 1. The standard InChI is InChI=1S/C30H46O5/c1-21(2)9-6-11-24(20-33)12-7-10-22(3)26-15-17-30(28(26)34)27(13-8-18-31)25(23(4)19-32)14-16-29(30,5)35/h7,9-10,12,19,26-28,31,33-35H,3,6,8,11,13-18,20H2,1-2,4-5H3/b10-7+,24-12-,25-23-. The normalized spacial score (nSPS) is 32.8. The van der Waals surface area contributed by atoms with Crippen LogP contribution in [0.2, 0.25) is 0 Å². The molecule has 0 heterocycles. The van der Waals surface area contributed by atoms with Crippen molar-refractivity contribution in [2.24, 2.45) is 17.3 Å². The second-order valence-electron chi connectivity index (χ2n) is 10.9. The molecular formula is C30H46O5. The van der Waals surface area contributed by atoms with Crippen LogP contribution in [0.25, 0.3) is 0 Å². The first-order valence-electron chi connectivity index (χ1n) is 13.0. The predicted octanol–water partition coefficient (Wildman–Crippen LogP) is 4.97. The van der Waals surface area contributed by atoms with E-state index in [1.807, 2.05) is 32.1 Å². The molecule has 35 heavy (non-hydrogen) atoms. The molecule has 0 aromatic heterocycles. The molecule has 0 aromatic rings. The van der Waals surface area contributed by atoms with Crippen molar-refractivity contribution in [2.75, 3.05) is 13.2 Å². The maximum atomic E-state index is 11.7. The number of aldehydes is 1. The zero-order valence-electron chi connectivity index (χ0n) is 22.1. The summed E-state index contributed by atoms with van der Waals surface area (Å²) in [6, 6.07) is 0. The Hall–Kier alpha value is -1.79. The molecule has 5 atom stereocenters. The van der Waals surface area contributed by atoms with E-state index in [9.17, 15) is 25.2 Å². The lowest BCUT2D eigenvalue weighted by atomic mass is 9.52. The van der Waals surface area contributed by atoms with E-state index in [1.54, 1.807) is 0 Å². The highest BCUT2D eigenvalue weighted by Crippen LogP contribution is 2.62. The number of allylic oxidation sites excluding steroid dienone is 7. The van der Waals surface area contributed by atoms with Crippen molar-refractivity contribution in [3.05, 3.63) is 58.7 Å². The van der Waals surface area contributed by atoms with Gasteiger partial charge in [-0.1, -0.05) is 42.0 Å². The number of hydrogen-bond acceptors (Lipinski definition) is 5. The van der Waals surface area contributed by atoms with Gasteiger partial charge in [0.15, 0.2) is 0 Å². The topological polar surface area (TPSA) is 98.0 Å². The van der Waals surface area contributed by atoms with E-state index in [0.29, 0.717) is 44.1 Å². The molecule has 0 bridgehead atoms. The highest BCUT2D eigenvalue weighted by molar-refractivity contribution is 5.74. The summed E-state index contributed by atoms with van der Waals surface area (Å²) in [5.74, 6) is -0.377. The first kappa shape index (κ1) is 29.4.